The second kappa shape index (κ2) is 4.88. The molecule has 0 amide bonds. The molecule has 0 spiro atoms. The highest BCUT2D eigenvalue weighted by molar-refractivity contribution is 4.85. The highest BCUT2D eigenvalue weighted by Gasteiger charge is 1.94. The van der Waals surface area contributed by atoms with Crippen LogP contribution in [-0.4, -0.2) is 16.3 Å². The second-order valence-electron chi connectivity index (χ2n) is 2.61. The van der Waals surface area contributed by atoms with E-state index in [2.05, 4.69) is 15.1 Å². The van der Waals surface area contributed by atoms with Crippen molar-refractivity contribution in [3.05, 3.63) is 43.3 Å². The average molecular weight is 195 g/mol. The molecule has 7 nitrogen and oxygen atoms in total. The lowest BCUT2D eigenvalue weighted by molar-refractivity contribution is 0.546. The lowest BCUT2D eigenvalue weighted by Crippen LogP contribution is -2.28. The SMILES string of the molecule is [N-]=[N+]=NCCCn1[nH]c(=O)ccc1=O. The molecule has 0 saturated heterocycles. The quantitative estimate of drug-likeness (QED) is 0.321. The van der Waals surface area contributed by atoms with Crippen molar-refractivity contribution in [3.63, 3.8) is 0 Å². The Labute approximate surface area is 78.6 Å². The number of hydrogen-bond donors (Lipinski definition) is 1. The Balaban J connectivity index is 2.67. The summed E-state index contributed by atoms with van der Waals surface area (Å²) in [5.41, 5.74) is 7.40. The molecule has 0 atom stereocenters. The molecule has 1 N–H and O–H groups in total. The number of nitrogens with zero attached hydrogens (tertiary/aromatic N) is 4. The van der Waals surface area contributed by atoms with Crippen LogP contribution in [0.2, 0.25) is 0 Å². The Hall–Kier alpha value is -2.01. The van der Waals surface area contributed by atoms with Gasteiger partial charge in [0.2, 0.25) is 0 Å². The van der Waals surface area contributed by atoms with Gasteiger partial charge in [-0.25, -0.2) is 0 Å². The Bertz CT molecular complexity index is 454. The maximum absolute atomic E-state index is 11.1. The van der Waals surface area contributed by atoms with Crippen molar-refractivity contribution in [1.82, 2.24) is 9.78 Å². The van der Waals surface area contributed by atoms with Crippen molar-refractivity contribution in [1.29, 1.82) is 0 Å². The predicted octanol–water partition coefficient (Wildman–Crippen LogP) is 0.237. The van der Waals surface area contributed by atoms with Gasteiger partial charge >= 0.3 is 0 Å². The first-order valence-corrected chi connectivity index (χ1v) is 4.05. The lowest BCUT2D eigenvalue weighted by Gasteiger charge is -2.01. The van der Waals surface area contributed by atoms with Gasteiger partial charge in [-0.1, -0.05) is 5.11 Å². The third-order valence-corrected chi connectivity index (χ3v) is 1.59. The topological polar surface area (TPSA) is 104 Å². The van der Waals surface area contributed by atoms with Gasteiger partial charge in [0, 0.05) is 30.1 Å². The third-order valence-electron chi connectivity index (χ3n) is 1.59. The van der Waals surface area contributed by atoms with Crippen LogP contribution < -0.4 is 11.1 Å². The van der Waals surface area contributed by atoms with Crippen LogP contribution in [0.4, 0.5) is 0 Å². The standard InChI is InChI=1S/C7H9N5O2/c8-11-9-4-1-5-12-7(14)3-2-6(13)10-12/h2-3H,1,4-5H2,(H,10,13). The van der Waals surface area contributed by atoms with E-state index in [0.29, 0.717) is 19.5 Å². The number of H-pyrrole nitrogens is 1. The minimum Gasteiger partial charge on any atom is -0.268 e. The lowest BCUT2D eigenvalue weighted by atomic mass is 10.4. The van der Waals surface area contributed by atoms with E-state index in [0.717, 1.165) is 0 Å². The smallest absolute Gasteiger partial charge is 0.265 e. The van der Waals surface area contributed by atoms with Crippen LogP contribution >= 0.6 is 0 Å². The van der Waals surface area contributed by atoms with E-state index in [1.54, 1.807) is 0 Å². The predicted molar refractivity (Wildman–Crippen MR) is 50.0 cm³/mol. The molecule has 0 aliphatic rings. The van der Waals surface area contributed by atoms with Crippen LogP contribution in [0.3, 0.4) is 0 Å². The van der Waals surface area contributed by atoms with Gasteiger partial charge < -0.3 is 0 Å². The maximum Gasteiger partial charge on any atom is 0.265 e. The Morgan fingerprint density at radius 2 is 2.29 bits per heavy atom. The molecule has 14 heavy (non-hydrogen) atoms. The number of hydrogen-bond acceptors (Lipinski definition) is 3. The number of aromatic nitrogens is 2. The minimum absolute atomic E-state index is 0.273. The Kier molecular flexibility index (Phi) is 3.51. The first-order chi connectivity index (χ1) is 6.74. The van der Waals surface area contributed by atoms with Gasteiger partial charge in [-0.3, -0.25) is 19.4 Å². The van der Waals surface area contributed by atoms with Crippen LogP contribution in [0.1, 0.15) is 6.42 Å². The van der Waals surface area contributed by atoms with Gasteiger partial charge in [-0.15, -0.1) is 0 Å². The van der Waals surface area contributed by atoms with Crippen LogP contribution in [0, 0.1) is 0 Å². The van der Waals surface area contributed by atoms with Gasteiger partial charge in [-0.05, 0) is 12.0 Å². The molecular weight excluding hydrogens is 186 g/mol. The summed E-state index contributed by atoms with van der Waals surface area (Å²) in [5.74, 6) is 0. The summed E-state index contributed by atoms with van der Waals surface area (Å²) in [4.78, 5) is 24.5. The molecule has 0 unspecified atom stereocenters. The summed E-state index contributed by atoms with van der Waals surface area (Å²) >= 11 is 0. The summed E-state index contributed by atoms with van der Waals surface area (Å²) in [6.07, 6.45) is 0.518. The average Bonchev–Trinajstić information content (AvgIpc) is 2.18. The number of aromatic amines is 1. The molecule has 1 aromatic rings. The monoisotopic (exact) mass is 195 g/mol. The molecule has 0 fully saturated rings. The van der Waals surface area contributed by atoms with Crippen molar-refractivity contribution in [2.75, 3.05) is 6.54 Å². The summed E-state index contributed by atoms with van der Waals surface area (Å²) in [6.45, 7) is 0.647. The fourth-order valence-electron chi connectivity index (χ4n) is 0.973. The van der Waals surface area contributed by atoms with Gasteiger partial charge in [0.1, 0.15) is 0 Å². The third kappa shape index (κ3) is 2.80. The van der Waals surface area contributed by atoms with Crippen molar-refractivity contribution in [2.24, 2.45) is 5.11 Å². The molecule has 0 aliphatic carbocycles. The van der Waals surface area contributed by atoms with E-state index >= 15 is 0 Å². The maximum atomic E-state index is 11.1. The molecule has 74 valence electrons. The molecule has 0 aromatic carbocycles. The second-order valence-corrected chi connectivity index (χ2v) is 2.61. The summed E-state index contributed by atoms with van der Waals surface area (Å²) in [6, 6.07) is 2.37. The van der Waals surface area contributed by atoms with Crippen LogP contribution in [0.15, 0.2) is 26.8 Å². The Morgan fingerprint density at radius 3 is 3.00 bits per heavy atom. The number of aryl methyl sites for hydroxylation is 1. The number of rotatable bonds is 4. The van der Waals surface area contributed by atoms with E-state index in [1.165, 1.54) is 16.8 Å². The largest absolute Gasteiger partial charge is 0.268 e. The highest BCUT2D eigenvalue weighted by Crippen LogP contribution is 1.84. The summed E-state index contributed by atoms with van der Waals surface area (Å²) in [7, 11) is 0. The zero-order valence-corrected chi connectivity index (χ0v) is 7.38. The highest BCUT2D eigenvalue weighted by atomic mass is 16.1. The van der Waals surface area contributed by atoms with E-state index in [-0.39, 0.29) is 11.1 Å². The van der Waals surface area contributed by atoms with Crippen molar-refractivity contribution in [2.45, 2.75) is 13.0 Å². The molecular formula is C7H9N5O2. The van der Waals surface area contributed by atoms with E-state index in [4.69, 9.17) is 5.53 Å². The molecule has 0 radical (unpaired) electrons. The van der Waals surface area contributed by atoms with Crippen molar-refractivity contribution < 1.29 is 0 Å². The fraction of sp³-hybridized carbons (Fsp3) is 0.429. The number of azide groups is 1. The van der Waals surface area contributed by atoms with Crippen molar-refractivity contribution in [3.8, 4) is 0 Å². The van der Waals surface area contributed by atoms with Crippen LogP contribution in [-0.2, 0) is 6.54 Å². The summed E-state index contributed by atoms with van der Waals surface area (Å²) in [5, 5.41) is 5.68. The molecule has 1 rings (SSSR count). The fourth-order valence-corrected chi connectivity index (χ4v) is 0.973. The van der Waals surface area contributed by atoms with Gasteiger partial charge in [0.05, 0.1) is 0 Å². The van der Waals surface area contributed by atoms with Crippen LogP contribution in [0.5, 0.6) is 0 Å². The molecule has 0 bridgehead atoms. The number of nitrogens with one attached hydrogen (secondary N) is 1. The first-order valence-electron chi connectivity index (χ1n) is 4.05. The van der Waals surface area contributed by atoms with Gasteiger partial charge in [0.25, 0.3) is 11.1 Å². The van der Waals surface area contributed by atoms with E-state index < -0.39 is 0 Å². The molecule has 1 heterocycles. The zero-order chi connectivity index (χ0) is 10.4. The normalized spacial score (nSPS) is 9.43. The van der Waals surface area contributed by atoms with Gasteiger partial charge in [-0.2, -0.15) is 0 Å². The molecule has 1 aromatic heterocycles. The van der Waals surface area contributed by atoms with Crippen molar-refractivity contribution >= 4 is 0 Å². The summed E-state index contributed by atoms with van der Waals surface area (Å²) < 4.78 is 1.19. The molecule has 7 heteroatoms. The van der Waals surface area contributed by atoms with Gasteiger partial charge in [0.15, 0.2) is 0 Å². The first kappa shape index (κ1) is 10.1. The molecule has 0 saturated carbocycles. The van der Waals surface area contributed by atoms with Crippen LogP contribution in [0.25, 0.3) is 10.4 Å². The Morgan fingerprint density at radius 1 is 1.50 bits per heavy atom. The molecule has 0 aliphatic heterocycles. The zero-order valence-electron chi connectivity index (χ0n) is 7.38. The minimum atomic E-state index is -0.326. The van der Waals surface area contributed by atoms with E-state index in [1.807, 2.05) is 0 Å². The van der Waals surface area contributed by atoms with E-state index in [9.17, 15) is 9.59 Å².